The first-order valence-electron chi connectivity index (χ1n) is 8.08. The number of aromatic nitrogens is 2. The van der Waals surface area contributed by atoms with E-state index in [1.807, 2.05) is 25.1 Å². The molecule has 0 fully saturated rings. The van der Waals surface area contributed by atoms with Gasteiger partial charge < -0.3 is 14.2 Å². The van der Waals surface area contributed by atoms with Crippen molar-refractivity contribution in [3.8, 4) is 17.4 Å². The third kappa shape index (κ3) is 2.12. The van der Waals surface area contributed by atoms with Crippen LogP contribution in [0.5, 0.6) is 17.4 Å². The van der Waals surface area contributed by atoms with E-state index >= 15 is 0 Å². The Labute approximate surface area is 143 Å². The van der Waals surface area contributed by atoms with Gasteiger partial charge in [-0.25, -0.2) is 4.79 Å². The molecular weight excluding hydrogens is 324 g/mol. The normalized spacial score (nSPS) is 17.4. The Kier molecular flexibility index (Phi) is 3.45. The maximum atomic E-state index is 12.8. The van der Waals surface area contributed by atoms with E-state index in [1.54, 1.807) is 13.3 Å². The third-order valence-corrected chi connectivity index (χ3v) is 4.63. The Morgan fingerprint density at radius 1 is 1.24 bits per heavy atom. The van der Waals surface area contributed by atoms with E-state index in [1.165, 1.54) is 11.6 Å². The van der Waals surface area contributed by atoms with E-state index in [-0.39, 0.29) is 17.4 Å². The lowest BCUT2D eigenvalue weighted by Gasteiger charge is -2.33. The summed E-state index contributed by atoms with van der Waals surface area (Å²) in [5.74, 6) is 1.24. The second kappa shape index (κ2) is 5.54. The van der Waals surface area contributed by atoms with Gasteiger partial charge in [-0.1, -0.05) is 12.1 Å². The maximum absolute atomic E-state index is 12.8. The summed E-state index contributed by atoms with van der Waals surface area (Å²) < 4.78 is 19.6. The van der Waals surface area contributed by atoms with E-state index in [0.717, 1.165) is 15.7 Å². The van der Waals surface area contributed by atoms with Crippen molar-refractivity contribution in [1.29, 1.82) is 0 Å². The molecule has 25 heavy (non-hydrogen) atoms. The second-order valence-electron chi connectivity index (χ2n) is 6.06. The van der Waals surface area contributed by atoms with Crippen molar-refractivity contribution < 1.29 is 14.2 Å². The Bertz CT molecular complexity index is 1020. The molecule has 0 aliphatic carbocycles. The van der Waals surface area contributed by atoms with Gasteiger partial charge in [0.15, 0.2) is 11.5 Å². The van der Waals surface area contributed by atoms with Crippen LogP contribution in [-0.4, -0.2) is 22.3 Å². The molecular formula is C18H18N2O5. The molecule has 1 aromatic carbocycles. The fourth-order valence-electron chi connectivity index (χ4n) is 3.44. The predicted molar refractivity (Wildman–Crippen MR) is 90.6 cm³/mol. The molecule has 3 heterocycles. The van der Waals surface area contributed by atoms with Crippen LogP contribution in [0.4, 0.5) is 0 Å². The summed E-state index contributed by atoms with van der Waals surface area (Å²) in [5.41, 5.74) is 1.34. The Hall–Kier alpha value is -2.96. The van der Waals surface area contributed by atoms with Crippen LogP contribution >= 0.6 is 0 Å². The Morgan fingerprint density at radius 2 is 2.04 bits per heavy atom. The van der Waals surface area contributed by atoms with E-state index in [0.29, 0.717) is 30.3 Å². The SMILES string of the molecule is CCOc1cccc2c1OCC1=COc3c(c(=O)n(C)c(=O)n3C)C12. The van der Waals surface area contributed by atoms with Gasteiger partial charge >= 0.3 is 5.69 Å². The molecule has 0 amide bonds. The third-order valence-electron chi connectivity index (χ3n) is 4.63. The molecule has 0 saturated heterocycles. The first-order valence-corrected chi connectivity index (χ1v) is 8.08. The number of fused-ring (bicyclic) bond motifs is 5. The zero-order valence-corrected chi connectivity index (χ0v) is 14.2. The van der Waals surface area contributed by atoms with Crippen LogP contribution < -0.4 is 25.5 Å². The number of nitrogens with zero attached hydrogens (tertiary/aromatic N) is 2. The van der Waals surface area contributed by atoms with E-state index < -0.39 is 5.69 Å². The van der Waals surface area contributed by atoms with Crippen molar-refractivity contribution in [2.45, 2.75) is 12.8 Å². The number of ether oxygens (including phenoxy) is 3. The Balaban J connectivity index is 2.01. The van der Waals surface area contributed by atoms with E-state index in [9.17, 15) is 9.59 Å². The summed E-state index contributed by atoms with van der Waals surface area (Å²) in [6, 6.07) is 5.63. The van der Waals surface area contributed by atoms with Crippen molar-refractivity contribution in [2.24, 2.45) is 14.1 Å². The fourth-order valence-corrected chi connectivity index (χ4v) is 3.44. The van der Waals surface area contributed by atoms with E-state index in [2.05, 4.69) is 0 Å². The zero-order chi connectivity index (χ0) is 17.7. The molecule has 0 radical (unpaired) electrons. The largest absolute Gasteiger partial charge is 0.490 e. The minimum atomic E-state index is -0.420. The smallest absolute Gasteiger partial charge is 0.333 e. The number of para-hydroxylation sites is 1. The summed E-state index contributed by atoms with van der Waals surface area (Å²) >= 11 is 0. The van der Waals surface area contributed by atoms with Crippen molar-refractivity contribution in [3.63, 3.8) is 0 Å². The molecule has 1 atom stereocenters. The van der Waals surface area contributed by atoms with E-state index in [4.69, 9.17) is 14.2 Å². The lowest BCUT2D eigenvalue weighted by Crippen LogP contribution is -2.42. The Morgan fingerprint density at radius 3 is 2.80 bits per heavy atom. The zero-order valence-electron chi connectivity index (χ0n) is 14.2. The van der Waals surface area contributed by atoms with Crippen LogP contribution in [0.2, 0.25) is 0 Å². The molecule has 1 aromatic heterocycles. The van der Waals surface area contributed by atoms with Gasteiger partial charge in [0.2, 0.25) is 5.88 Å². The van der Waals surface area contributed by atoms with Gasteiger partial charge in [-0.2, -0.15) is 0 Å². The van der Waals surface area contributed by atoms with Crippen LogP contribution in [0.1, 0.15) is 24.0 Å². The highest BCUT2D eigenvalue weighted by Gasteiger charge is 2.38. The summed E-state index contributed by atoms with van der Waals surface area (Å²) in [6.07, 6.45) is 1.57. The molecule has 2 aliphatic rings. The molecule has 0 saturated carbocycles. The van der Waals surface area contributed by atoms with Gasteiger partial charge in [0.25, 0.3) is 5.56 Å². The van der Waals surface area contributed by atoms with Gasteiger partial charge in [0, 0.05) is 25.2 Å². The number of hydrogen-bond donors (Lipinski definition) is 0. The number of hydrogen-bond acceptors (Lipinski definition) is 5. The average Bonchev–Trinajstić information content (AvgIpc) is 2.64. The van der Waals surface area contributed by atoms with Gasteiger partial charge in [0.05, 0.1) is 24.4 Å². The van der Waals surface area contributed by atoms with Crippen LogP contribution in [0.3, 0.4) is 0 Å². The minimum Gasteiger partial charge on any atom is -0.490 e. The van der Waals surface area contributed by atoms with Crippen LogP contribution in [0.15, 0.2) is 39.6 Å². The van der Waals surface area contributed by atoms with Gasteiger partial charge in [-0.15, -0.1) is 0 Å². The van der Waals surface area contributed by atoms with Gasteiger partial charge in [0.1, 0.15) is 6.61 Å². The van der Waals surface area contributed by atoms with Crippen LogP contribution in [-0.2, 0) is 14.1 Å². The van der Waals surface area contributed by atoms with Gasteiger partial charge in [-0.05, 0) is 13.0 Å². The second-order valence-corrected chi connectivity index (χ2v) is 6.06. The molecule has 0 spiro atoms. The fraction of sp³-hybridized carbons (Fsp3) is 0.333. The van der Waals surface area contributed by atoms with Crippen molar-refractivity contribution >= 4 is 0 Å². The first-order chi connectivity index (χ1) is 12.0. The summed E-state index contributed by atoms with van der Waals surface area (Å²) in [7, 11) is 3.07. The number of rotatable bonds is 2. The van der Waals surface area contributed by atoms with Gasteiger partial charge in [-0.3, -0.25) is 13.9 Å². The molecule has 1 unspecified atom stereocenters. The molecule has 4 rings (SSSR count). The van der Waals surface area contributed by atoms with Crippen molar-refractivity contribution in [2.75, 3.05) is 13.2 Å². The molecule has 0 bridgehead atoms. The molecule has 0 N–H and O–H groups in total. The topological polar surface area (TPSA) is 71.7 Å². The quantitative estimate of drug-likeness (QED) is 0.822. The highest BCUT2D eigenvalue weighted by atomic mass is 16.5. The van der Waals surface area contributed by atoms with Crippen LogP contribution in [0, 0.1) is 0 Å². The minimum absolute atomic E-state index is 0.275. The highest BCUT2D eigenvalue weighted by molar-refractivity contribution is 5.58. The van der Waals surface area contributed by atoms with Crippen molar-refractivity contribution in [3.05, 3.63) is 62.0 Å². The predicted octanol–water partition coefficient (Wildman–Crippen LogP) is 1.28. The maximum Gasteiger partial charge on any atom is 0.333 e. The average molecular weight is 342 g/mol. The monoisotopic (exact) mass is 342 g/mol. The summed E-state index contributed by atoms with van der Waals surface area (Å²) in [5, 5.41) is 0. The highest BCUT2D eigenvalue weighted by Crippen LogP contribution is 2.47. The molecule has 2 aliphatic heterocycles. The van der Waals surface area contributed by atoms with Crippen molar-refractivity contribution in [1.82, 2.24) is 9.13 Å². The first kappa shape index (κ1) is 15.6. The standard InChI is InChI=1S/C18H18N2O5/c1-4-23-12-7-5-6-11-13-10(8-24-15(11)12)9-25-17-14(13)16(21)19(2)18(22)20(17)3/h5-7,9,13H,4,8H2,1-3H3. The lowest BCUT2D eigenvalue weighted by atomic mass is 9.83. The molecule has 130 valence electrons. The summed E-state index contributed by atoms with van der Waals surface area (Å²) in [6.45, 7) is 2.72. The number of benzene rings is 1. The summed E-state index contributed by atoms with van der Waals surface area (Å²) in [4.78, 5) is 25.0. The van der Waals surface area contributed by atoms with Crippen LogP contribution in [0.25, 0.3) is 0 Å². The molecule has 2 aromatic rings. The molecule has 7 heteroatoms. The molecule has 7 nitrogen and oxygen atoms in total. The lowest BCUT2D eigenvalue weighted by molar-refractivity contribution is 0.268.